The topological polar surface area (TPSA) is 9.23 Å². The van der Waals surface area contributed by atoms with Gasteiger partial charge in [0.15, 0.2) is 0 Å². The Morgan fingerprint density at radius 1 is 0.944 bits per heavy atom. The van der Waals surface area contributed by atoms with E-state index in [1.165, 1.54) is 11.1 Å². The molecule has 1 atom stereocenters. The summed E-state index contributed by atoms with van der Waals surface area (Å²) in [5, 5.41) is 0. The van der Waals surface area contributed by atoms with E-state index in [1.54, 1.807) is 0 Å². The molecule has 0 bridgehead atoms. The number of rotatable bonds is 5. The lowest BCUT2D eigenvalue weighted by Crippen LogP contribution is -2.02. The van der Waals surface area contributed by atoms with Gasteiger partial charge >= 0.3 is 0 Å². The molecule has 0 fully saturated rings. The molecule has 2 rings (SSSR count). The fourth-order valence-corrected chi connectivity index (χ4v) is 2.10. The average Bonchev–Trinajstić information content (AvgIpc) is 2.45. The van der Waals surface area contributed by atoms with E-state index in [9.17, 15) is 0 Å². The third-order valence-corrected chi connectivity index (χ3v) is 3.15. The van der Waals surface area contributed by atoms with Crippen LogP contribution in [-0.2, 0) is 0 Å². The fourth-order valence-electron chi connectivity index (χ4n) is 2.10. The highest BCUT2D eigenvalue weighted by Gasteiger charge is 2.12. The molecule has 0 amide bonds. The lowest BCUT2D eigenvalue weighted by molar-refractivity contribution is 0.313. The van der Waals surface area contributed by atoms with E-state index in [-0.39, 0.29) is 0 Å². The molecule has 0 aromatic heterocycles. The van der Waals surface area contributed by atoms with Crippen molar-refractivity contribution in [3.05, 3.63) is 65.7 Å². The molecule has 94 valence electrons. The Morgan fingerprint density at radius 3 is 2.33 bits per heavy atom. The molecule has 0 saturated heterocycles. The first kappa shape index (κ1) is 12.7. The maximum atomic E-state index is 5.83. The number of hydrogen-bond donors (Lipinski definition) is 0. The van der Waals surface area contributed by atoms with Gasteiger partial charge in [0.05, 0.1) is 6.61 Å². The van der Waals surface area contributed by atoms with Crippen molar-refractivity contribution in [2.24, 2.45) is 0 Å². The number of benzene rings is 2. The molecule has 1 unspecified atom stereocenters. The van der Waals surface area contributed by atoms with Crippen molar-refractivity contribution in [1.29, 1.82) is 0 Å². The summed E-state index contributed by atoms with van der Waals surface area (Å²) in [6.07, 6.45) is 1.04. The third kappa shape index (κ3) is 2.92. The van der Waals surface area contributed by atoms with Crippen LogP contribution in [0.3, 0.4) is 0 Å². The van der Waals surface area contributed by atoms with Gasteiger partial charge in [-0.1, -0.05) is 62.4 Å². The molecule has 0 spiro atoms. The lowest BCUT2D eigenvalue weighted by Gasteiger charge is -2.17. The molecular weight excluding hydrogens is 220 g/mol. The standard InChI is InChI=1S/C17H20O/c1-3-13-18-17-12-8-7-11-16(17)14(2)15-9-5-4-6-10-15/h4-12,14H,3,13H2,1-2H3. The van der Waals surface area contributed by atoms with Crippen molar-refractivity contribution in [3.8, 4) is 5.75 Å². The van der Waals surface area contributed by atoms with Crippen molar-refractivity contribution in [1.82, 2.24) is 0 Å². The monoisotopic (exact) mass is 240 g/mol. The molecule has 0 aliphatic rings. The quantitative estimate of drug-likeness (QED) is 0.740. The van der Waals surface area contributed by atoms with Crippen LogP contribution >= 0.6 is 0 Å². The van der Waals surface area contributed by atoms with Crippen LogP contribution in [0, 0.1) is 0 Å². The maximum Gasteiger partial charge on any atom is 0.123 e. The summed E-state index contributed by atoms with van der Waals surface area (Å²) in [7, 11) is 0. The first-order chi connectivity index (χ1) is 8.83. The third-order valence-electron chi connectivity index (χ3n) is 3.15. The summed E-state index contributed by atoms with van der Waals surface area (Å²) in [4.78, 5) is 0. The van der Waals surface area contributed by atoms with Crippen molar-refractivity contribution < 1.29 is 4.74 Å². The van der Waals surface area contributed by atoms with E-state index in [2.05, 4.69) is 62.4 Å². The largest absolute Gasteiger partial charge is 0.493 e. The first-order valence-electron chi connectivity index (χ1n) is 6.59. The van der Waals surface area contributed by atoms with Gasteiger partial charge in [-0.3, -0.25) is 0 Å². The van der Waals surface area contributed by atoms with Gasteiger partial charge in [0.25, 0.3) is 0 Å². The summed E-state index contributed by atoms with van der Waals surface area (Å²) in [5.74, 6) is 1.37. The van der Waals surface area contributed by atoms with Gasteiger partial charge in [-0.25, -0.2) is 0 Å². The molecule has 0 heterocycles. The second-order valence-corrected chi connectivity index (χ2v) is 4.52. The number of ether oxygens (including phenoxy) is 1. The van der Waals surface area contributed by atoms with Crippen LogP contribution in [0.15, 0.2) is 54.6 Å². The summed E-state index contributed by atoms with van der Waals surface area (Å²) >= 11 is 0. The van der Waals surface area contributed by atoms with Crippen LogP contribution in [0.25, 0.3) is 0 Å². The molecule has 0 radical (unpaired) electrons. The smallest absolute Gasteiger partial charge is 0.123 e. The Morgan fingerprint density at radius 2 is 1.61 bits per heavy atom. The van der Waals surface area contributed by atoms with Gasteiger partial charge in [-0.2, -0.15) is 0 Å². The molecule has 1 nitrogen and oxygen atoms in total. The second-order valence-electron chi connectivity index (χ2n) is 4.52. The minimum absolute atomic E-state index is 0.360. The molecule has 2 aromatic rings. The van der Waals surface area contributed by atoms with E-state index in [0.29, 0.717) is 5.92 Å². The molecule has 0 N–H and O–H groups in total. The van der Waals surface area contributed by atoms with Crippen LogP contribution in [0.4, 0.5) is 0 Å². The predicted molar refractivity (Wildman–Crippen MR) is 76.2 cm³/mol. The average molecular weight is 240 g/mol. The van der Waals surface area contributed by atoms with Crippen molar-refractivity contribution in [2.75, 3.05) is 6.61 Å². The zero-order chi connectivity index (χ0) is 12.8. The van der Waals surface area contributed by atoms with E-state index >= 15 is 0 Å². The van der Waals surface area contributed by atoms with Crippen molar-refractivity contribution in [2.45, 2.75) is 26.2 Å². The Hall–Kier alpha value is -1.76. The summed E-state index contributed by atoms with van der Waals surface area (Å²) in [5.41, 5.74) is 2.59. The Balaban J connectivity index is 2.27. The van der Waals surface area contributed by atoms with Gasteiger partial charge < -0.3 is 4.74 Å². The van der Waals surface area contributed by atoms with Crippen LogP contribution in [0.2, 0.25) is 0 Å². The molecule has 0 aliphatic heterocycles. The van der Waals surface area contributed by atoms with Crippen LogP contribution < -0.4 is 4.74 Å². The first-order valence-corrected chi connectivity index (χ1v) is 6.59. The van der Waals surface area contributed by atoms with Crippen LogP contribution in [-0.4, -0.2) is 6.61 Å². The molecule has 1 heteroatoms. The van der Waals surface area contributed by atoms with E-state index in [0.717, 1.165) is 18.8 Å². The zero-order valence-electron chi connectivity index (χ0n) is 11.1. The van der Waals surface area contributed by atoms with Gasteiger partial charge in [0, 0.05) is 11.5 Å². The summed E-state index contributed by atoms with van der Waals surface area (Å²) < 4.78 is 5.83. The summed E-state index contributed by atoms with van der Waals surface area (Å²) in [6.45, 7) is 5.13. The van der Waals surface area contributed by atoms with Gasteiger partial charge in [-0.15, -0.1) is 0 Å². The minimum atomic E-state index is 0.360. The van der Waals surface area contributed by atoms with E-state index in [1.807, 2.05) is 6.07 Å². The molecule has 18 heavy (non-hydrogen) atoms. The number of para-hydroxylation sites is 1. The molecule has 0 aliphatic carbocycles. The van der Waals surface area contributed by atoms with Crippen LogP contribution in [0.5, 0.6) is 5.75 Å². The van der Waals surface area contributed by atoms with Gasteiger partial charge in [0.2, 0.25) is 0 Å². The number of hydrogen-bond acceptors (Lipinski definition) is 1. The molecular formula is C17H20O. The zero-order valence-corrected chi connectivity index (χ0v) is 11.1. The highest BCUT2D eigenvalue weighted by molar-refractivity contribution is 5.41. The van der Waals surface area contributed by atoms with E-state index in [4.69, 9.17) is 4.74 Å². The lowest BCUT2D eigenvalue weighted by atomic mass is 9.92. The Kier molecular flexibility index (Phi) is 4.40. The van der Waals surface area contributed by atoms with Gasteiger partial charge in [-0.05, 0) is 18.1 Å². The van der Waals surface area contributed by atoms with Gasteiger partial charge in [0.1, 0.15) is 5.75 Å². The van der Waals surface area contributed by atoms with E-state index < -0.39 is 0 Å². The summed E-state index contributed by atoms with van der Waals surface area (Å²) in [6, 6.07) is 18.9. The fraction of sp³-hybridized carbons (Fsp3) is 0.294. The highest BCUT2D eigenvalue weighted by Crippen LogP contribution is 2.31. The Bertz CT molecular complexity index is 476. The van der Waals surface area contributed by atoms with Crippen molar-refractivity contribution >= 4 is 0 Å². The Labute approximate surface area is 109 Å². The molecule has 0 saturated carbocycles. The molecule has 2 aromatic carbocycles. The highest BCUT2D eigenvalue weighted by atomic mass is 16.5. The normalized spacial score (nSPS) is 12.1. The van der Waals surface area contributed by atoms with Crippen LogP contribution in [0.1, 0.15) is 37.3 Å². The second kappa shape index (κ2) is 6.25. The SMILES string of the molecule is CCCOc1ccccc1C(C)c1ccccc1. The van der Waals surface area contributed by atoms with Crippen molar-refractivity contribution in [3.63, 3.8) is 0 Å². The minimum Gasteiger partial charge on any atom is -0.493 e. The maximum absolute atomic E-state index is 5.83. The predicted octanol–water partition coefficient (Wildman–Crippen LogP) is 4.63.